The number of hydrogen-bond donors (Lipinski definition) is 2. The van der Waals surface area contributed by atoms with E-state index in [2.05, 4.69) is 58.9 Å². The van der Waals surface area contributed by atoms with Crippen LogP contribution < -0.4 is 10.6 Å². The van der Waals surface area contributed by atoms with Gasteiger partial charge in [0.25, 0.3) is 0 Å². The maximum atomic E-state index is 5.81. The Labute approximate surface area is 169 Å². The molecule has 2 aromatic rings. The third kappa shape index (κ3) is 8.55. The van der Waals surface area contributed by atoms with E-state index in [9.17, 15) is 0 Å². The van der Waals surface area contributed by atoms with Gasteiger partial charge in [-0.2, -0.15) is 0 Å². The Balaban J connectivity index is 1.65. The number of guanidine groups is 1. The third-order valence-electron chi connectivity index (χ3n) is 4.31. The van der Waals surface area contributed by atoms with Gasteiger partial charge in [-0.1, -0.05) is 61.5 Å². The van der Waals surface area contributed by atoms with Crippen LogP contribution in [0.15, 0.2) is 59.6 Å². The van der Waals surface area contributed by atoms with Crippen molar-refractivity contribution in [1.82, 2.24) is 10.6 Å². The summed E-state index contributed by atoms with van der Waals surface area (Å²) >= 11 is 0. The first kappa shape index (κ1) is 21.9. The summed E-state index contributed by atoms with van der Waals surface area (Å²) in [6.45, 7) is 8.47. The second-order valence-corrected chi connectivity index (χ2v) is 6.87. The van der Waals surface area contributed by atoms with Crippen molar-refractivity contribution >= 4 is 5.96 Å². The maximum Gasteiger partial charge on any atom is 0.191 e. The van der Waals surface area contributed by atoms with E-state index in [1.807, 2.05) is 25.1 Å². The molecule has 0 saturated carbocycles. The van der Waals surface area contributed by atoms with E-state index >= 15 is 0 Å². The second-order valence-electron chi connectivity index (χ2n) is 6.87. The Morgan fingerprint density at radius 1 is 0.893 bits per heavy atom. The van der Waals surface area contributed by atoms with Gasteiger partial charge in [0.1, 0.15) is 0 Å². The molecule has 0 saturated heterocycles. The molecular formula is C23H33N3O2. The lowest BCUT2D eigenvalue weighted by atomic mass is 10.1. The fourth-order valence-electron chi connectivity index (χ4n) is 2.66. The monoisotopic (exact) mass is 383 g/mol. The second kappa shape index (κ2) is 12.9. The smallest absolute Gasteiger partial charge is 0.191 e. The van der Waals surface area contributed by atoms with E-state index in [0.29, 0.717) is 25.7 Å². The summed E-state index contributed by atoms with van der Waals surface area (Å²) in [4.78, 5) is 4.29. The van der Waals surface area contributed by atoms with Crippen molar-refractivity contribution in [2.24, 2.45) is 10.9 Å². The number of ether oxygens (including phenoxy) is 2. The lowest BCUT2D eigenvalue weighted by molar-refractivity contribution is 0.0931. The van der Waals surface area contributed by atoms with Gasteiger partial charge >= 0.3 is 0 Å². The summed E-state index contributed by atoms with van der Waals surface area (Å²) < 4.78 is 11.2. The summed E-state index contributed by atoms with van der Waals surface area (Å²) in [5.41, 5.74) is 3.60. The Morgan fingerprint density at radius 2 is 1.54 bits per heavy atom. The van der Waals surface area contributed by atoms with Crippen LogP contribution in [0.2, 0.25) is 0 Å². The molecule has 5 nitrogen and oxygen atoms in total. The molecule has 0 bridgehead atoms. The zero-order valence-corrected chi connectivity index (χ0v) is 17.3. The Morgan fingerprint density at radius 3 is 2.21 bits per heavy atom. The number of nitrogens with zero attached hydrogens (tertiary/aromatic N) is 1. The summed E-state index contributed by atoms with van der Waals surface area (Å²) in [7, 11) is 1.79. The molecule has 0 spiro atoms. The predicted octanol–water partition coefficient (Wildman–Crippen LogP) is 3.74. The third-order valence-corrected chi connectivity index (χ3v) is 4.31. The van der Waals surface area contributed by atoms with Crippen LogP contribution in [0.1, 0.15) is 30.5 Å². The minimum Gasteiger partial charge on any atom is -0.377 e. The molecule has 1 atom stereocenters. The molecule has 152 valence electrons. The van der Waals surface area contributed by atoms with E-state index in [-0.39, 0.29) is 0 Å². The fourth-order valence-corrected chi connectivity index (χ4v) is 2.66. The van der Waals surface area contributed by atoms with Crippen LogP contribution in [0.3, 0.4) is 0 Å². The van der Waals surface area contributed by atoms with Crippen molar-refractivity contribution in [2.45, 2.75) is 33.6 Å². The molecule has 0 aromatic heterocycles. The fraction of sp³-hybridized carbons (Fsp3) is 0.435. The molecule has 0 heterocycles. The van der Waals surface area contributed by atoms with Crippen molar-refractivity contribution in [3.63, 3.8) is 0 Å². The molecule has 0 radical (unpaired) electrons. The molecule has 1 unspecified atom stereocenters. The number of rotatable bonds is 11. The summed E-state index contributed by atoms with van der Waals surface area (Å²) in [6.07, 6.45) is 0. The SMILES string of the molecule is CCOCc1ccc(CNC(=NC)NCC(C)COCc2ccccc2)cc1. The quantitative estimate of drug-likeness (QED) is 0.458. The summed E-state index contributed by atoms with van der Waals surface area (Å²) in [5.74, 6) is 1.19. The van der Waals surface area contributed by atoms with Gasteiger partial charge in [0, 0.05) is 26.7 Å². The van der Waals surface area contributed by atoms with Crippen LogP contribution >= 0.6 is 0 Å². The van der Waals surface area contributed by atoms with Crippen LogP contribution in [-0.4, -0.2) is 32.8 Å². The van der Waals surface area contributed by atoms with E-state index in [4.69, 9.17) is 9.47 Å². The maximum absolute atomic E-state index is 5.81. The van der Waals surface area contributed by atoms with Gasteiger partial charge in [0.15, 0.2) is 5.96 Å². The number of aliphatic imine (C=N–C) groups is 1. The molecule has 0 aliphatic carbocycles. The summed E-state index contributed by atoms with van der Waals surface area (Å²) in [5, 5.41) is 6.72. The number of nitrogens with one attached hydrogen (secondary N) is 2. The average molecular weight is 384 g/mol. The zero-order chi connectivity index (χ0) is 20.0. The van der Waals surface area contributed by atoms with Gasteiger partial charge in [-0.25, -0.2) is 0 Å². The van der Waals surface area contributed by atoms with E-state index in [0.717, 1.165) is 25.7 Å². The van der Waals surface area contributed by atoms with Crippen molar-refractivity contribution in [3.8, 4) is 0 Å². The highest BCUT2D eigenvalue weighted by atomic mass is 16.5. The predicted molar refractivity (Wildman–Crippen MR) is 115 cm³/mol. The molecular weight excluding hydrogens is 350 g/mol. The molecule has 28 heavy (non-hydrogen) atoms. The van der Waals surface area contributed by atoms with E-state index in [1.165, 1.54) is 16.7 Å². The molecule has 2 aromatic carbocycles. The van der Waals surface area contributed by atoms with Crippen molar-refractivity contribution in [3.05, 3.63) is 71.3 Å². The van der Waals surface area contributed by atoms with Gasteiger partial charge < -0.3 is 20.1 Å². The van der Waals surface area contributed by atoms with Crippen molar-refractivity contribution < 1.29 is 9.47 Å². The standard InChI is InChI=1S/C23H33N3O2/c1-4-27-17-22-12-10-20(11-13-22)15-26-23(24-3)25-14-19(2)16-28-18-21-8-6-5-7-9-21/h5-13,19H,4,14-18H2,1-3H3,(H2,24,25,26). The first-order chi connectivity index (χ1) is 13.7. The Kier molecular flexibility index (Phi) is 10.1. The molecule has 0 fully saturated rings. The molecule has 5 heteroatoms. The zero-order valence-electron chi connectivity index (χ0n) is 17.3. The average Bonchev–Trinajstić information content (AvgIpc) is 2.74. The number of hydrogen-bond acceptors (Lipinski definition) is 3. The first-order valence-corrected chi connectivity index (χ1v) is 9.93. The van der Waals surface area contributed by atoms with Crippen LogP contribution in [0.5, 0.6) is 0 Å². The number of benzene rings is 2. The minimum atomic E-state index is 0.389. The van der Waals surface area contributed by atoms with Gasteiger partial charge in [-0.05, 0) is 29.5 Å². The van der Waals surface area contributed by atoms with Gasteiger partial charge in [-0.15, -0.1) is 0 Å². The first-order valence-electron chi connectivity index (χ1n) is 9.93. The Hall–Kier alpha value is -2.37. The molecule has 0 aliphatic heterocycles. The van der Waals surface area contributed by atoms with Crippen LogP contribution in [0.25, 0.3) is 0 Å². The molecule has 0 amide bonds. The lowest BCUT2D eigenvalue weighted by Gasteiger charge is -2.16. The summed E-state index contributed by atoms with van der Waals surface area (Å²) in [6, 6.07) is 18.7. The minimum absolute atomic E-state index is 0.389. The van der Waals surface area contributed by atoms with Crippen LogP contribution in [-0.2, 0) is 29.2 Å². The van der Waals surface area contributed by atoms with E-state index < -0.39 is 0 Å². The van der Waals surface area contributed by atoms with Crippen molar-refractivity contribution in [2.75, 3.05) is 26.8 Å². The molecule has 2 rings (SSSR count). The van der Waals surface area contributed by atoms with Gasteiger partial charge in [-0.3, -0.25) is 4.99 Å². The van der Waals surface area contributed by atoms with Crippen molar-refractivity contribution in [1.29, 1.82) is 0 Å². The lowest BCUT2D eigenvalue weighted by Crippen LogP contribution is -2.39. The van der Waals surface area contributed by atoms with E-state index in [1.54, 1.807) is 7.05 Å². The highest BCUT2D eigenvalue weighted by molar-refractivity contribution is 5.79. The normalized spacial score (nSPS) is 12.6. The highest BCUT2D eigenvalue weighted by Gasteiger charge is 2.05. The molecule has 0 aliphatic rings. The van der Waals surface area contributed by atoms with Gasteiger partial charge in [0.2, 0.25) is 0 Å². The highest BCUT2D eigenvalue weighted by Crippen LogP contribution is 2.06. The van der Waals surface area contributed by atoms with Crippen LogP contribution in [0, 0.1) is 5.92 Å². The van der Waals surface area contributed by atoms with Crippen LogP contribution in [0.4, 0.5) is 0 Å². The largest absolute Gasteiger partial charge is 0.377 e. The topological polar surface area (TPSA) is 54.9 Å². The Bertz CT molecular complexity index is 687. The molecule has 2 N–H and O–H groups in total. The van der Waals surface area contributed by atoms with Gasteiger partial charge in [0.05, 0.1) is 19.8 Å².